The summed E-state index contributed by atoms with van der Waals surface area (Å²) in [5.41, 5.74) is 2.16. The first-order valence-corrected chi connectivity index (χ1v) is 8.51. The standard InChI is InChI=1S/C15H16O7S/c1-7-3-4-10-8(2)15(17)22-14(10)13-9(5-11(16)12(7)13)6-21-23(18,19)20/h5,10,13-14H,2-4,6H2,1H3,(H,18,19,20)/t10-,13-,14-/m0/s1. The molecule has 0 aromatic heterocycles. The molecule has 124 valence electrons. The van der Waals surface area contributed by atoms with Crippen LogP contribution in [0.15, 0.2) is 34.9 Å². The average Bonchev–Trinajstić information content (AvgIpc) is 2.86. The number of ketones is 1. The van der Waals surface area contributed by atoms with Crippen LogP contribution in [-0.4, -0.2) is 37.4 Å². The molecular formula is C15H16O7S. The fraction of sp³-hybridized carbons (Fsp3) is 0.467. The highest BCUT2D eigenvalue weighted by Gasteiger charge is 2.50. The lowest BCUT2D eigenvalue weighted by Crippen LogP contribution is -2.29. The van der Waals surface area contributed by atoms with Gasteiger partial charge < -0.3 is 4.74 Å². The Balaban J connectivity index is 1.99. The Kier molecular flexibility index (Phi) is 3.78. The molecule has 1 fully saturated rings. The molecular weight excluding hydrogens is 324 g/mol. The molecule has 1 aliphatic heterocycles. The maximum Gasteiger partial charge on any atom is 0.397 e. The molecule has 0 aromatic rings. The molecule has 1 N–H and O–H groups in total. The van der Waals surface area contributed by atoms with Crippen molar-refractivity contribution in [1.82, 2.24) is 0 Å². The van der Waals surface area contributed by atoms with Crippen molar-refractivity contribution in [2.24, 2.45) is 11.8 Å². The number of hydrogen-bond donors (Lipinski definition) is 1. The van der Waals surface area contributed by atoms with E-state index in [1.54, 1.807) is 0 Å². The van der Waals surface area contributed by atoms with Crippen LogP contribution >= 0.6 is 0 Å². The zero-order chi connectivity index (χ0) is 16.9. The van der Waals surface area contributed by atoms with E-state index < -0.39 is 35.0 Å². The molecule has 1 saturated heterocycles. The SMILES string of the molecule is C=C1C(=O)O[C@@H]2[C@H]3C(COS(=O)(=O)O)=CC(=O)C3=C(C)CC[C@@H]12. The van der Waals surface area contributed by atoms with Gasteiger partial charge in [0, 0.05) is 23.0 Å². The highest BCUT2D eigenvalue weighted by Crippen LogP contribution is 2.47. The molecule has 7 nitrogen and oxygen atoms in total. The molecule has 3 aliphatic rings. The van der Waals surface area contributed by atoms with Crippen molar-refractivity contribution in [3.63, 3.8) is 0 Å². The molecule has 3 atom stereocenters. The molecule has 2 aliphatic carbocycles. The molecule has 0 spiro atoms. The van der Waals surface area contributed by atoms with E-state index in [2.05, 4.69) is 10.8 Å². The number of rotatable bonds is 3. The summed E-state index contributed by atoms with van der Waals surface area (Å²) in [6.07, 6.45) is 1.98. The van der Waals surface area contributed by atoms with Gasteiger partial charge in [0.1, 0.15) is 6.10 Å². The molecule has 0 amide bonds. The van der Waals surface area contributed by atoms with Crippen molar-refractivity contribution in [1.29, 1.82) is 0 Å². The Morgan fingerprint density at radius 3 is 2.78 bits per heavy atom. The maximum absolute atomic E-state index is 12.3. The molecule has 0 aromatic carbocycles. The van der Waals surface area contributed by atoms with Crippen molar-refractivity contribution in [2.45, 2.75) is 25.9 Å². The van der Waals surface area contributed by atoms with E-state index in [0.717, 1.165) is 5.57 Å². The van der Waals surface area contributed by atoms with Gasteiger partial charge in [-0.2, -0.15) is 8.42 Å². The van der Waals surface area contributed by atoms with Crippen LogP contribution in [-0.2, 0) is 28.9 Å². The second kappa shape index (κ2) is 5.40. The van der Waals surface area contributed by atoms with Crippen molar-refractivity contribution < 1.29 is 31.5 Å². The fourth-order valence-electron chi connectivity index (χ4n) is 3.58. The zero-order valence-corrected chi connectivity index (χ0v) is 13.3. The van der Waals surface area contributed by atoms with Gasteiger partial charge in [-0.15, -0.1) is 0 Å². The lowest BCUT2D eigenvalue weighted by Gasteiger charge is -2.24. The monoisotopic (exact) mass is 340 g/mol. The Morgan fingerprint density at radius 1 is 1.43 bits per heavy atom. The minimum absolute atomic E-state index is 0.222. The third kappa shape index (κ3) is 2.77. The summed E-state index contributed by atoms with van der Waals surface area (Å²) in [6.45, 7) is 5.15. The second-order valence-corrected chi connectivity index (χ2v) is 7.08. The van der Waals surface area contributed by atoms with Crippen LogP contribution in [0, 0.1) is 11.8 Å². The lowest BCUT2D eigenvalue weighted by atomic mass is 9.83. The van der Waals surface area contributed by atoms with E-state index >= 15 is 0 Å². The van der Waals surface area contributed by atoms with Crippen LogP contribution in [0.1, 0.15) is 19.8 Å². The van der Waals surface area contributed by atoms with E-state index in [1.807, 2.05) is 6.92 Å². The van der Waals surface area contributed by atoms with Crippen LogP contribution in [0.4, 0.5) is 0 Å². The van der Waals surface area contributed by atoms with E-state index in [1.165, 1.54) is 6.08 Å². The van der Waals surface area contributed by atoms with Crippen molar-refractivity contribution in [2.75, 3.05) is 6.61 Å². The van der Waals surface area contributed by atoms with E-state index in [4.69, 9.17) is 9.29 Å². The third-order valence-corrected chi connectivity index (χ3v) is 5.05. The smallest absolute Gasteiger partial charge is 0.397 e. The van der Waals surface area contributed by atoms with E-state index in [0.29, 0.717) is 29.6 Å². The van der Waals surface area contributed by atoms with Gasteiger partial charge in [0.15, 0.2) is 5.78 Å². The predicted octanol–water partition coefficient (Wildman–Crippen LogP) is 1.14. The Labute approximate surface area is 133 Å². The van der Waals surface area contributed by atoms with E-state index in [9.17, 15) is 18.0 Å². The van der Waals surface area contributed by atoms with Gasteiger partial charge in [-0.1, -0.05) is 12.2 Å². The Morgan fingerprint density at radius 2 is 2.13 bits per heavy atom. The van der Waals surface area contributed by atoms with Gasteiger partial charge in [-0.25, -0.2) is 8.98 Å². The first-order chi connectivity index (χ1) is 10.7. The minimum atomic E-state index is -4.63. The summed E-state index contributed by atoms with van der Waals surface area (Å²) in [5, 5.41) is 0. The summed E-state index contributed by atoms with van der Waals surface area (Å²) >= 11 is 0. The molecule has 0 radical (unpaired) electrons. The van der Waals surface area contributed by atoms with Gasteiger partial charge in [0.05, 0.1) is 6.61 Å². The summed E-state index contributed by atoms with van der Waals surface area (Å²) in [5.74, 6) is -1.51. The fourth-order valence-corrected chi connectivity index (χ4v) is 3.86. The summed E-state index contributed by atoms with van der Waals surface area (Å²) < 4.78 is 40.2. The summed E-state index contributed by atoms with van der Waals surface area (Å²) in [6, 6.07) is 0. The van der Waals surface area contributed by atoms with Crippen LogP contribution in [0.5, 0.6) is 0 Å². The van der Waals surface area contributed by atoms with Crippen molar-refractivity contribution in [3.8, 4) is 0 Å². The van der Waals surface area contributed by atoms with Crippen LogP contribution in [0.2, 0.25) is 0 Å². The zero-order valence-electron chi connectivity index (χ0n) is 12.4. The molecule has 0 saturated carbocycles. The molecule has 0 bridgehead atoms. The number of ether oxygens (including phenoxy) is 1. The lowest BCUT2D eigenvalue weighted by molar-refractivity contribution is -0.140. The maximum atomic E-state index is 12.3. The molecule has 8 heteroatoms. The summed E-state index contributed by atoms with van der Waals surface area (Å²) in [4.78, 5) is 24.1. The minimum Gasteiger partial charge on any atom is -0.457 e. The highest BCUT2D eigenvalue weighted by atomic mass is 32.3. The molecule has 3 rings (SSSR count). The predicted molar refractivity (Wildman–Crippen MR) is 78.5 cm³/mol. The third-order valence-electron chi connectivity index (χ3n) is 4.64. The number of carbonyl (C=O) groups excluding carboxylic acids is 2. The number of carbonyl (C=O) groups is 2. The topological polar surface area (TPSA) is 107 Å². The van der Waals surface area contributed by atoms with Crippen LogP contribution in [0.3, 0.4) is 0 Å². The Hall–Kier alpha value is -1.77. The largest absolute Gasteiger partial charge is 0.457 e. The van der Waals surface area contributed by atoms with Crippen molar-refractivity contribution >= 4 is 22.2 Å². The van der Waals surface area contributed by atoms with Gasteiger partial charge in [-0.3, -0.25) is 9.35 Å². The molecule has 1 heterocycles. The number of fused-ring (bicyclic) bond motifs is 3. The highest BCUT2D eigenvalue weighted by molar-refractivity contribution is 7.80. The van der Waals surface area contributed by atoms with Gasteiger partial charge in [-0.05, 0) is 31.4 Å². The molecule has 23 heavy (non-hydrogen) atoms. The number of esters is 1. The first kappa shape index (κ1) is 16.1. The van der Waals surface area contributed by atoms with Gasteiger partial charge >= 0.3 is 16.4 Å². The van der Waals surface area contributed by atoms with Gasteiger partial charge in [0.2, 0.25) is 0 Å². The Bertz CT molecular complexity index is 772. The van der Waals surface area contributed by atoms with E-state index in [-0.39, 0.29) is 11.7 Å². The van der Waals surface area contributed by atoms with Gasteiger partial charge in [0.25, 0.3) is 0 Å². The van der Waals surface area contributed by atoms with Crippen LogP contribution in [0.25, 0.3) is 0 Å². The summed E-state index contributed by atoms with van der Waals surface area (Å²) in [7, 11) is -4.63. The number of hydrogen-bond acceptors (Lipinski definition) is 6. The van der Waals surface area contributed by atoms with Crippen LogP contribution < -0.4 is 0 Å². The van der Waals surface area contributed by atoms with Crippen molar-refractivity contribution in [3.05, 3.63) is 34.9 Å². The quantitative estimate of drug-likeness (QED) is 0.466. The molecule has 0 unspecified atom stereocenters. The second-order valence-electron chi connectivity index (χ2n) is 5.99. The normalized spacial score (nSPS) is 30.8. The number of allylic oxidation sites excluding steroid dienone is 2. The first-order valence-electron chi connectivity index (χ1n) is 7.15. The average molecular weight is 340 g/mol.